The molecule has 3 saturated carbocycles. The van der Waals surface area contributed by atoms with Gasteiger partial charge in [-0.25, -0.2) is 14.2 Å². The van der Waals surface area contributed by atoms with Crippen molar-refractivity contribution in [1.29, 1.82) is 0 Å². The largest absolute Gasteiger partial charge is 0.478 e. The zero-order chi connectivity index (χ0) is 27.5. The van der Waals surface area contributed by atoms with Crippen molar-refractivity contribution in [1.82, 2.24) is 19.8 Å². The lowest BCUT2D eigenvalue weighted by atomic mass is 9.63. The smallest absolute Gasteiger partial charge is 0.340 e. The number of rotatable bonds is 7. The van der Waals surface area contributed by atoms with Crippen LogP contribution in [0.1, 0.15) is 44.9 Å². The first kappa shape index (κ1) is 26.9. The number of carbonyl (C=O) groups is 2. The van der Waals surface area contributed by atoms with Gasteiger partial charge in [-0.3, -0.25) is 9.35 Å². The van der Waals surface area contributed by atoms with Gasteiger partial charge in [0.25, 0.3) is 10.1 Å². The van der Waals surface area contributed by atoms with Crippen molar-refractivity contribution in [2.24, 2.45) is 17.8 Å². The second-order valence-electron chi connectivity index (χ2n) is 11.7. The van der Waals surface area contributed by atoms with E-state index in [1.165, 1.54) is 6.20 Å². The minimum atomic E-state index is -4.35. The molecular weight excluding hydrogens is 531 g/mol. The molecule has 39 heavy (non-hydrogen) atoms. The fourth-order valence-corrected chi connectivity index (χ4v) is 9.32. The molecule has 3 N–H and O–H groups in total. The third-order valence-electron chi connectivity index (χ3n) is 9.65. The van der Waals surface area contributed by atoms with Gasteiger partial charge in [0.15, 0.2) is 5.78 Å². The number of nitrogens with zero attached hydrogens (tertiary/aromatic N) is 3. The molecule has 0 amide bonds. The number of aromatic nitrogens is 2. The van der Waals surface area contributed by atoms with Crippen LogP contribution in [0.2, 0.25) is 0 Å². The number of hydrogen-bond acceptors (Lipinski definition) is 8. The highest BCUT2D eigenvalue weighted by Crippen LogP contribution is 2.52. The number of halogens is 1. The molecule has 0 aromatic carbocycles. The Hall–Kier alpha value is -2.35. The van der Waals surface area contributed by atoms with Gasteiger partial charge in [0.2, 0.25) is 0 Å². The summed E-state index contributed by atoms with van der Waals surface area (Å²) in [6.45, 7) is 1.17. The number of hydrogen-bond donors (Lipinski definition) is 3. The predicted molar refractivity (Wildman–Crippen MR) is 136 cm³/mol. The maximum atomic E-state index is 15.7. The molecule has 5 aliphatic rings. The van der Waals surface area contributed by atoms with Gasteiger partial charge in [-0.05, 0) is 50.5 Å². The van der Waals surface area contributed by atoms with Crippen LogP contribution in [-0.2, 0) is 31.0 Å². The van der Waals surface area contributed by atoms with Crippen LogP contribution in [0.4, 0.5) is 4.39 Å². The zero-order valence-corrected chi connectivity index (χ0v) is 22.3. The Labute approximate surface area is 226 Å². The number of carboxylic acids is 1. The first-order valence-corrected chi connectivity index (χ1v) is 15.4. The van der Waals surface area contributed by atoms with Crippen LogP contribution >= 0.6 is 0 Å². The summed E-state index contributed by atoms with van der Waals surface area (Å²) in [7, 11) is -4.35. The lowest BCUT2D eigenvalue weighted by Gasteiger charge is -2.62. The van der Waals surface area contributed by atoms with Crippen molar-refractivity contribution in [3.05, 3.63) is 30.5 Å². The van der Waals surface area contributed by atoms with Gasteiger partial charge in [-0.15, -0.1) is 0 Å². The first-order chi connectivity index (χ1) is 18.6. The molecule has 4 fully saturated rings. The highest BCUT2D eigenvalue weighted by molar-refractivity contribution is 7.86. The Balaban J connectivity index is 1.33. The van der Waals surface area contributed by atoms with E-state index in [2.05, 4.69) is 10.3 Å². The molecule has 214 valence electrons. The third kappa shape index (κ3) is 4.70. The highest BCUT2D eigenvalue weighted by atomic mass is 32.2. The summed E-state index contributed by atoms with van der Waals surface area (Å²) in [5.74, 6) is -3.24. The molecule has 0 spiro atoms. The third-order valence-corrected chi connectivity index (χ3v) is 11.0. The molecule has 1 aromatic rings. The van der Waals surface area contributed by atoms with Crippen LogP contribution in [0, 0.1) is 17.8 Å². The van der Waals surface area contributed by atoms with Crippen molar-refractivity contribution in [3.8, 4) is 0 Å². The van der Waals surface area contributed by atoms with E-state index >= 15 is 4.39 Å². The standard InChI is InChI=1S/C26H35FN4O7S/c27-18-10-16-23-25(21(18)29-6-3-8-30-9-7-28-13-30)38-19-11-20(39(35,36)37)14-4-1-2-5-15(14)22(19)31(23)12-17(24(16)32)26(33)34/h7,9,12-16,18-23,25,29H,1-6,8,10-11H2,(H,33,34)(H,35,36,37). The van der Waals surface area contributed by atoms with E-state index in [0.717, 1.165) is 12.8 Å². The lowest BCUT2D eigenvalue weighted by molar-refractivity contribution is -0.214. The number of carbonyl (C=O) groups excluding carboxylic acids is 1. The molecule has 1 saturated heterocycles. The molecule has 3 aliphatic carbocycles. The fourth-order valence-electron chi connectivity index (χ4n) is 8.10. The quantitative estimate of drug-likeness (QED) is 0.251. The molecule has 10 unspecified atom stereocenters. The number of Topliss-reactive ketones (excluding diaryl/α,β-unsaturated/α-hetero) is 1. The van der Waals surface area contributed by atoms with Crippen LogP contribution in [0.15, 0.2) is 30.5 Å². The minimum Gasteiger partial charge on any atom is -0.478 e. The van der Waals surface area contributed by atoms with Crippen molar-refractivity contribution in [3.63, 3.8) is 0 Å². The normalized spacial score (nSPS) is 39.8. The van der Waals surface area contributed by atoms with Gasteiger partial charge >= 0.3 is 5.97 Å². The van der Waals surface area contributed by atoms with Crippen LogP contribution < -0.4 is 5.32 Å². The molecular formula is C26H35FN4O7S. The van der Waals surface area contributed by atoms with Gasteiger partial charge in [-0.1, -0.05) is 12.8 Å². The maximum Gasteiger partial charge on any atom is 0.340 e. The van der Waals surface area contributed by atoms with E-state index in [-0.39, 0.29) is 36.3 Å². The number of fused-ring (bicyclic) bond motifs is 4. The average Bonchev–Trinajstić information content (AvgIpc) is 3.41. The van der Waals surface area contributed by atoms with Crippen LogP contribution in [0.3, 0.4) is 0 Å². The number of morpholine rings is 1. The second kappa shape index (κ2) is 10.2. The topological polar surface area (TPSA) is 151 Å². The molecule has 2 aliphatic heterocycles. The van der Waals surface area contributed by atoms with Crippen molar-refractivity contribution >= 4 is 21.9 Å². The van der Waals surface area contributed by atoms with E-state index < -0.39 is 63.5 Å². The Kier molecular flexibility index (Phi) is 7.05. The molecule has 11 nitrogen and oxygen atoms in total. The average molecular weight is 567 g/mol. The molecule has 1 aromatic heterocycles. The highest BCUT2D eigenvalue weighted by Gasteiger charge is 2.62. The summed E-state index contributed by atoms with van der Waals surface area (Å²) < 4.78 is 59.3. The van der Waals surface area contributed by atoms with Gasteiger partial charge in [0.05, 0.1) is 41.9 Å². The van der Waals surface area contributed by atoms with E-state index in [4.69, 9.17) is 4.74 Å². The SMILES string of the molecule is O=C(O)C1=CN2C3C(CC(S(=O)(=O)O)C4CCCCC43)OC3C(NCCCn4ccnc4)C(F)CC(C1=O)C32. The zero-order valence-electron chi connectivity index (χ0n) is 21.5. The van der Waals surface area contributed by atoms with Crippen molar-refractivity contribution in [2.75, 3.05) is 6.54 Å². The second-order valence-corrected chi connectivity index (χ2v) is 13.3. The number of carboxylic acid groups (broad SMARTS) is 1. The Morgan fingerprint density at radius 2 is 1.97 bits per heavy atom. The summed E-state index contributed by atoms with van der Waals surface area (Å²) in [6, 6.07) is -1.65. The van der Waals surface area contributed by atoms with Crippen molar-refractivity contribution in [2.45, 2.75) is 93.2 Å². The van der Waals surface area contributed by atoms with Gasteiger partial charge < -0.3 is 24.6 Å². The van der Waals surface area contributed by atoms with Crippen molar-refractivity contribution < 1.29 is 36.8 Å². The molecule has 3 heterocycles. The molecule has 0 bridgehead atoms. The number of imidazole rings is 1. The van der Waals surface area contributed by atoms with Gasteiger partial charge in [-0.2, -0.15) is 8.42 Å². The monoisotopic (exact) mass is 566 g/mol. The maximum absolute atomic E-state index is 15.7. The Morgan fingerprint density at radius 1 is 1.21 bits per heavy atom. The molecule has 0 radical (unpaired) electrons. The Morgan fingerprint density at radius 3 is 2.67 bits per heavy atom. The molecule has 6 rings (SSSR count). The molecule has 13 heteroatoms. The van der Waals surface area contributed by atoms with E-state index in [9.17, 15) is 27.7 Å². The van der Waals surface area contributed by atoms with E-state index in [1.807, 2.05) is 15.7 Å². The van der Waals surface area contributed by atoms with Gasteiger partial charge in [0.1, 0.15) is 11.7 Å². The summed E-state index contributed by atoms with van der Waals surface area (Å²) >= 11 is 0. The van der Waals surface area contributed by atoms with Gasteiger partial charge in [0, 0.05) is 31.1 Å². The van der Waals surface area contributed by atoms with E-state index in [1.54, 1.807) is 12.5 Å². The number of aryl methyl sites for hydroxylation is 1. The number of ketones is 1. The number of ether oxygens (including phenoxy) is 1. The van der Waals surface area contributed by atoms with Crippen LogP contribution in [0.5, 0.6) is 0 Å². The predicted octanol–water partition coefficient (Wildman–Crippen LogP) is 1.41. The molecule has 10 atom stereocenters. The summed E-state index contributed by atoms with van der Waals surface area (Å²) in [5.41, 5.74) is -0.362. The van der Waals surface area contributed by atoms with Crippen LogP contribution in [0.25, 0.3) is 0 Å². The minimum absolute atomic E-state index is 0.0452. The number of nitrogens with one attached hydrogen (secondary N) is 1. The Bertz CT molecular complexity index is 1240. The fraction of sp³-hybridized carbons (Fsp3) is 0.731. The number of alkyl halides is 1. The van der Waals surface area contributed by atoms with Crippen LogP contribution in [-0.4, -0.2) is 92.6 Å². The summed E-state index contributed by atoms with van der Waals surface area (Å²) in [5, 5.41) is 12.1. The van der Waals surface area contributed by atoms with E-state index in [0.29, 0.717) is 32.4 Å². The number of aliphatic carboxylic acids is 1. The lowest BCUT2D eigenvalue weighted by Crippen LogP contribution is -2.75. The first-order valence-electron chi connectivity index (χ1n) is 13.9. The summed E-state index contributed by atoms with van der Waals surface area (Å²) in [4.78, 5) is 31.3. The summed E-state index contributed by atoms with van der Waals surface area (Å²) in [6.07, 6.45) is 7.49.